The third kappa shape index (κ3) is 3.11. The summed E-state index contributed by atoms with van der Waals surface area (Å²) in [6.07, 6.45) is 5.64. The van der Waals surface area contributed by atoms with Crippen molar-refractivity contribution >= 4 is 5.91 Å². The fraction of sp³-hybridized carbons (Fsp3) is 0.588. The van der Waals surface area contributed by atoms with E-state index in [1.165, 1.54) is 6.42 Å². The van der Waals surface area contributed by atoms with Crippen molar-refractivity contribution in [3.05, 3.63) is 34.9 Å². The first-order valence-corrected chi connectivity index (χ1v) is 7.99. The number of nitrogens with one attached hydrogen (secondary N) is 2. The first-order chi connectivity index (χ1) is 10.3. The van der Waals surface area contributed by atoms with Gasteiger partial charge in [-0.05, 0) is 56.3 Å². The van der Waals surface area contributed by atoms with E-state index in [2.05, 4.69) is 28.8 Å². The van der Waals surface area contributed by atoms with Crippen LogP contribution in [0, 0.1) is 0 Å². The van der Waals surface area contributed by atoms with Crippen molar-refractivity contribution in [2.75, 3.05) is 20.2 Å². The maximum Gasteiger partial charge on any atom is 0.251 e. The molecule has 21 heavy (non-hydrogen) atoms. The minimum atomic E-state index is 0.0590. The summed E-state index contributed by atoms with van der Waals surface area (Å²) in [5.41, 5.74) is 3.15. The maximum absolute atomic E-state index is 12.2. The molecule has 0 aliphatic carbocycles. The molecule has 2 atom stereocenters. The van der Waals surface area contributed by atoms with Gasteiger partial charge in [-0.15, -0.1) is 0 Å². The number of aryl methyl sites for hydroxylation is 1. The molecule has 114 valence electrons. The lowest BCUT2D eigenvalue weighted by atomic mass is 9.92. The second-order valence-corrected chi connectivity index (χ2v) is 5.95. The van der Waals surface area contributed by atoms with Gasteiger partial charge in [0.05, 0.1) is 12.1 Å². The highest BCUT2D eigenvalue weighted by atomic mass is 16.5. The van der Waals surface area contributed by atoms with Gasteiger partial charge in [0.15, 0.2) is 0 Å². The molecule has 3 rings (SSSR count). The quantitative estimate of drug-likeness (QED) is 0.896. The summed E-state index contributed by atoms with van der Waals surface area (Å²) in [5, 5.41) is 6.34. The fourth-order valence-corrected chi connectivity index (χ4v) is 3.39. The van der Waals surface area contributed by atoms with Gasteiger partial charge in [0.1, 0.15) is 0 Å². The van der Waals surface area contributed by atoms with E-state index >= 15 is 0 Å². The van der Waals surface area contributed by atoms with E-state index in [1.54, 1.807) is 0 Å². The number of hydrogen-bond donors (Lipinski definition) is 2. The smallest absolute Gasteiger partial charge is 0.251 e. The van der Waals surface area contributed by atoms with E-state index in [4.69, 9.17) is 4.74 Å². The van der Waals surface area contributed by atoms with Crippen molar-refractivity contribution in [1.82, 2.24) is 10.6 Å². The third-order valence-corrected chi connectivity index (χ3v) is 4.54. The number of fused-ring (bicyclic) bond motifs is 1. The molecule has 0 saturated carbocycles. The third-order valence-electron chi connectivity index (χ3n) is 4.54. The molecule has 2 unspecified atom stereocenters. The van der Waals surface area contributed by atoms with Gasteiger partial charge < -0.3 is 15.4 Å². The first-order valence-electron chi connectivity index (χ1n) is 7.99. The van der Waals surface area contributed by atoms with Crippen LogP contribution in [0.5, 0.6) is 0 Å². The van der Waals surface area contributed by atoms with Gasteiger partial charge in [-0.3, -0.25) is 4.79 Å². The second kappa shape index (κ2) is 6.58. The van der Waals surface area contributed by atoms with Gasteiger partial charge in [0, 0.05) is 18.7 Å². The van der Waals surface area contributed by atoms with E-state index in [9.17, 15) is 4.79 Å². The van der Waals surface area contributed by atoms with Crippen LogP contribution >= 0.6 is 0 Å². The average molecular weight is 288 g/mol. The van der Waals surface area contributed by atoms with Crippen LogP contribution in [0.15, 0.2) is 18.2 Å². The Morgan fingerprint density at radius 3 is 3.00 bits per heavy atom. The summed E-state index contributed by atoms with van der Waals surface area (Å²) in [6, 6.07) is 6.47. The molecule has 1 aromatic carbocycles. The predicted octanol–water partition coefficient (Wildman–Crippen LogP) is 2.19. The number of likely N-dealkylation sites (N-methyl/N-ethyl adjacent to an activating group) is 1. The van der Waals surface area contributed by atoms with Crippen LogP contribution < -0.4 is 10.6 Å². The summed E-state index contributed by atoms with van der Waals surface area (Å²) in [5.74, 6) is 0.0590. The monoisotopic (exact) mass is 288 g/mol. The summed E-state index contributed by atoms with van der Waals surface area (Å²) >= 11 is 0. The number of amides is 1. The van der Waals surface area contributed by atoms with Crippen molar-refractivity contribution in [2.24, 2.45) is 0 Å². The molecule has 1 aromatic rings. The summed E-state index contributed by atoms with van der Waals surface area (Å²) in [4.78, 5) is 12.2. The molecular weight excluding hydrogens is 264 g/mol. The lowest BCUT2D eigenvalue weighted by molar-refractivity contribution is -0.00663. The van der Waals surface area contributed by atoms with Gasteiger partial charge >= 0.3 is 0 Å². The number of rotatable bonds is 3. The Balaban J connectivity index is 1.88. The van der Waals surface area contributed by atoms with E-state index in [0.717, 1.165) is 55.5 Å². The molecule has 2 N–H and O–H groups in total. The van der Waals surface area contributed by atoms with Crippen molar-refractivity contribution in [3.8, 4) is 0 Å². The van der Waals surface area contributed by atoms with Crippen LogP contribution in [-0.4, -0.2) is 32.2 Å². The van der Waals surface area contributed by atoms with Gasteiger partial charge in [0.25, 0.3) is 5.91 Å². The Morgan fingerprint density at radius 2 is 2.24 bits per heavy atom. The number of carbonyl (C=O) groups excluding carboxylic acids is 1. The molecule has 2 aliphatic rings. The molecule has 2 aliphatic heterocycles. The fourth-order valence-electron chi connectivity index (χ4n) is 3.39. The Kier molecular flexibility index (Phi) is 4.56. The van der Waals surface area contributed by atoms with Crippen molar-refractivity contribution in [3.63, 3.8) is 0 Å². The maximum atomic E-state index is 12.2. The van der Waals surface area contributed by atoms with E-state index in [0.29, 0.717) is 0 Å². The van der Waals surface area contributed by atoms with Gasteiger partial charge in [-0.2, -0.15) is 0 Å². The predicted molar refractivity (Wildman–Crippen MR) is 82.5 cm³/mol. The SMILES string of the molecule is CNC(c1ccc2c(c1)C(=O)NCCC2)C1CCCCO1. The molecule has 1 saturated heterocycles. The minimum absolute atomic E-state index is 0.0590. The zero-order valence-corrected chi connectivity index (χ0v) is 12.7. The second-order valence-electron chi connectivity index (χ2n) is 5.95. The van der Waals surface area contributed by atoms with Crippen LogP contribution in [0.25, 0.3) is 0 Å². The van der Waals surface area contributed by atoms with Gasteiger partial charge in [-0.1, -0.05) is 12.1 Å². The Bertz CT molecular complexity index is 510. The summed E-state index contributed by atoms with van der Waals surface area (Å²) in [7, 11) is 1.97. The van der Waals surface area contributed by atoms with Crippen molar-refractivity contribution < 1.29 is 9.53 Å². The minimum Gasteiger partial charge on any atom is -0.376 e. The average Bonchev–Trinajstić information content (AvgIpc) is 2.71. The van der Waals surface area contributed by atoms with Gasteiger partial charge in [-0.25, -0.2) is 0 Å². The molecule has 1 fully saturated rings. The topological polar surface area (TPSA) is 50.4 Å². The zero-order valence-electron chi connectivity index (χ0n) is 12.7. The molecule has 0 aromatic heterocycles. The number of hydrogen-bond acceptors (Lipinski definition) is 3. The Morgan fingerprint density at radius 1 is 1.33 bits per heavy atom. The summed E-state index contributed by atoms with van der Waals surface area (Å²) < 4.78 is 5.92. The zero-order chi connectivity index (χ0) is 14.7. The van der Waals surface area contributed by atoms with Crippen LogP contribution in [0.4, 0.5) is 0 Å². The van der Waals surface area contributed by atoms with Crippen molar-refractivity contribution in [2.45, 2.75) is 44.2 Å². The molecular formula is C17H24N2O2. The lowest BCUT2D eigenvalue weighted by Crippen LogP contribution is -2.34. The molecule has 0 spiro atoms. The van der Waals surface area contributed by atoms with E-state index in [1.807, 2.05) is 7.05 Å². The van der Waals surface area contributed by atoms with E-state index < -0.39 is 0 Å². The van der Waals surface area contributed by atoms with Gasteiger partial charge in [0.2, 0.25) is 0 Å². The molecule has 0 bridgehead atoms. The standard InChI is InChI=1S/C17H24N2O2/c1-18-16(15-6-2-3-10-21-15)13-8-7-12-5-4-9-19-17(20)14(12)11-13/h7-8,11,15-16,18H,2-6,9-10H2,1H3,(H,19,20). The van der Waals surface area contributed by atoms with Crippen LogP contribution in [0.3, 0.4) is 0 Å². The first kappa shape index (κ1) is 14.5. The van der Waals surface area contributed by atoms with Crippen molar-refractivity contribution in [1.29, 1.82) is 0 Å². The highest BCUT2D eigenvalue weighted by Crippen LogP contribution is 2.28. The highest BCUT2D eigenvalue weighted by molar-refractivity contribution is 5.96. The van der Waals surface area contributed by atoms with Crippen LogP contribution in [0.2, 0.25) is 0 Å². The Labute approximate surface area is 126 Å². The summed E-state index contributed by atoms with van der Waals surface area (Å²) in [6.45, 7) is 1.61. The highest BCUT2D eigenvalue weighted by Gasteiger charge is 2.26. The molecule has 4 nitrogen and oxygen atoms in total. The molecule has 1 amide bonds. The van der Waals surface area contributed by atoms with Crippen LogP contribution in [-0.2, 0) is 11.2 Å². The molecule has 0 radical (unpaired) electrons. The number of carbonyl (C=O) groups is 1. The molecule has 4 heteroatoms. The lowest BCUT2D eigenvalue weighted by Gasteiger charge is -2.31. The van der Waals surface area contributed by atoms with Crippen LogP contribution in [0.1, 0.15) is 53.2 Å². The Hall–Kier alpha value is -1.39. The normalized spacial score (nSPS) is 23.9. The number of ether oxygens (including phenoxy) is 1. The largest absolute Gasteiger partial charge is 0.376 e. The molecule has 2 heterocycles. The van der Waals surface area contributed by atoms with E-state index in [-0.39, 0.29) is 18.1 Å². The number of benzene rings is 1.